The number of allylic oxidation sites excluding steroid dienone is 4. The summed E-state index contributed by atoms with van der Waals surface area (Å²) >= 11 is 0. The fraction of sp³-hybridized carbons (Fsp3) is 0.450. The Balaban J connectivity index is 1.89. The molecule has 0 radical (unpaired) electrons. The van der Waals surface area contributed by atoms with Crippen LogP contribution in [0.5, 0.6) is 0 Å². The predicted molar refractivity (Wildman–Crippen MR) is 195 cm³/mol. The minimum atomic E-state index is -0.243. The normalized spacial score (nSPS) is 13.0. The van der Waals surface area contributed by atoms with Crippen molar-refractivity contribution < 1.29 is 19.1 Å². The Morgan fingerprint density at radius 3 is 1.44 bits per heavy atom. The van der Waals surface area contributed by atoms with Crippen LogP contribution >= 0.6 is 0 Å². The number of carbonyl (C=O) groups excluding carboxylic acids is 2. The molecule has 254 valence electrons. The van der Waals surface area contributed by atoms with E-state index in [-0.39, 0.29) is 24.8 Å². The predicted octanol–water partition coefficient (Wildman–Crippen LogP) is 9.38. The zero-order valence-corrected chi connectivity index (χ0v) is 29.9. The van der Waals surface area contributed by atoms with Crippen LogP contribution in [0.3, 0.4) is 0 Å². The SMILES string of the molecule is CCCCC1=C(C)c2cc3[nH]c(cc4[nH]c(cc5nc(cc1n2)C(CCCC)=C5C)c(CCC(=O)OC)c4C)c(CCC(=O)OC)c3C. The molecule has 5 rings (SSSR count). The lowest BCUT2D eigenvalue weighted by atomic mass is 9.97. The summed E-state index contributed by atoms with van der Waals surface area (Å²) in [6.07, 6.45) is 7.91. The van der Waals surface area contributed by atoms with E-state index in [0.717, 1.165) is 106 Å². The number of hydrogen-bond acceptors (Lipinski definition) is 6. The molecule has 8 bridgehead atoms. The third-order valence-corrected chi connectivity index (χ3v) is 9.97. The summed E-state index contributed by atoms with van der Waals surface area (Å²) in [7, 11) is 2.85. The zero-order chi connectivity index (χ0) is 34.5. The maximum Gasteiger partial charge on any atom is 0.305 e. The van der Waals surface area contributed by atoms with Gasteiger partial charge in [-0.15, -0.1) is 0 Å². The van der Waals surface area contributed by atoms with Gasteiger partial charge in [0.2, 0.25) is 0 Å². The van der Waals surface area contributed by atoms with Gasteiger partial charge in [-0.3, -0.25) is 9.59 Å². The standard InChI is InChI=1S/C40H50N4O4/c1-9-11-13-27-23(3)31-19-32-25(5)29(15-17-39(45)47-7)35(41-32)21-34-26(6)30(16-18-40(46)48-8)36(43-34)20-33-24(4)28(14-12-10-2)38(44-33)22-37(27)42-31/h19-22,41,43H,9-18H2,1-8H3. The molecular weight excluding hydrogens is 600 g/mol. The quantitative estimate of drug-likeness (QED) is 0.189. The van der Waals surface area contributed by atoms with Gasteiger partial charge in [-0.25, -0.2) is 9.97 Å². The van der Waals surface area contributed by atoms with Crippen LogP contribution in [0.2, 0.25) is 0 Å². The smallest absolute Gasteiger partial charge is 0.305 e. The van der Waals surface area contributed by atoms with Gasteiger partial charge in [0.15, 0.2) is 0 Å². The third kappa shape index (κ3) is 7.18. The molecular formula is C40H50N4O4. The van der Waals surface area contributed by atoms with Crippen molar-refractivity contribution in [3.63, 3.8) is 0 Å². The average molecular weight is 651 g/mol. The average Bonchev–Trinajstić information content (AvgIpc) is 3.73. The molecule has 5 heterocycles. The van der Waals surface area contributed by atoms with Gasteiger partial charge < -0.3 is 19.4 Å². The summed E-state index contributed by atoms with van der Waals surface area (Å²) in [5.74, 6) is -0.486. The van der Waals surface area contributed by atoms with Crippen LogP contribution in [-0.4, -0.2) is 46.1 Å². The van der Waals surface area contributed by atoms with Gasteiger partial charge in [0, 0.05) is 34.9 Å². The largest absolute Gasteiger partial charge is 0.469 e. The van der Waals surface area contributed by atoms with E-state index in [1.165, 1.54) is 36.5 Å². The Hall–Kier alpha value is -4.46. The molecule has 0 atom stereocenters. The number of fused-ring (bicyclic) bond motifs is 8. The Morgan fingerprint density at radius 2 is 1.00 bits per heavy atom. The molecule has 3 aromatic rings. The van der Waals surface area contributed by atoms with Crippen LogP contribution in [0.25, 0.3) is 44.4 Å². The van der Waals surface area contributed by atoms with Gasteiger partial charge in [0.25, 0.3) is 0 Å². The van der Waals surface area contributed by atoms with E-state index < -0.39 is 0 Å². The first-order chi connectivity index (χ1) is 23.1. The number of aryl methyl sites for hydroxylation is 4. The number of aromatic amines is 2. The number of hydrogen-bond donors (Lipinski definition) is 2. The Kier molecular flexibility index (Phi) is 11.0. The van der Waals surface area contributed by atoms with E-state index in [2.05, 4.69) is 75.8 Å². The topological polar surface area (TPSA) is 110 Å². The van der Waals surface area contributed by atoms with Crippen LogP contribution in [-0.2, 0) is 31.9 Å². The van der Waals surface area contributed by atoms with E-state index in [1.54, 1.807) is 0 Å². The van der Waals surface area contributed by atoms with Crippen LogP contribution in [0, 0.1) is 13.8 Å². The summed E-state index contributed by atoms with van der Waals surface area (Å²) in [6, 6.07) is 8.60. The number of nitrogens with zero attached hydrogens (tertiary/aromatic N) is 2. The maximum absolute atomic E-state index is 12.3. The monoisotopic (exact) mass is 650 g/mol. The Labute approximate surface area is 284 Å². The van der Waals surface area contributed by atoms with Crippen molar-refractivity contribution in [1.29, 1.82) is 0 Å². The minimum absolute atomic E-state index is 0.243. The minimum Gasteiger partial charge on any atom is -0.469 e. The van der Waals surface area contributed by atoms with E-state index >= 15 is 0 Å². The second-order valence-corrected chi connectivity index (χ2v) is 13.0. The van der Waals surface area contributed by atoms with Crippen molar-refractivity contribution in [2.24, 2.45) is 0 Å². The Bertz CT molecular complexity index is 1960. The molecule has 0 unspecified atom stereocenters. The molecule has 0 saturated carbocycles. The lowest BCUT2D eigenvalue weighted by molar-refractivity contribution is -0.141. The highest BCUT2D eigenvalue weighted by atomic mass is 16.5. The molecule has 0 amide bonds. The van der Waals surface area contributed by atoms with E-state index in [4.69, 9.17) is 19.4 Å². The summed E-state index contributed by atoms with van der Waals surface area (Å²) in [5.41, 5.74) is 16.8. The molecule has 0 aromatic carbocycles. The number of unbranched alkanes of at least 4 members (excludes halogenated alkanes) is 2. The number of methoxy groups -OCH3 is 2. The van der Waals surface area contributed by atoms with Crippen molar-refractivity contribution in [3.05, 3.63) is 69.3 Å². The number of carbonyl (C=O) groups is 2. The molecule has 48 heavy (non-hydrogen) atoms. The number of rotatable bonds is 12. The molecule has 2 aliphatic rings. The number of aromatic nitrogens is 4. The van der Waals surface area contributed by atoms with E-state index in [9.17, 15) is 9.59 Å². The van der Waals surface area contributed by atoms with Crippen LogP contribution < -0.4 is 0 Å². The van der Waals surface area contributed by atoms with Crippen molar-refractivity contribution in [3.8, 4) is 0 Å². The van der Waals surface area contributed by atoms with Crippen LogP contribution in [0.4, 0.5) is 0 Å². The zero-order valence-electron chi connectivity index (χ0n) is 29.9. The van der Waals surface area contributed by atoms with Gasteiger partial charge in [-0.1, -0.05) is 26.7 Å². The fourth-order valence-electron chi connectivity index (χ4n) is 6.86. The second-order valence-electron chi connectivity index (χ2n) is 13.0. The van der Waals surface area contributed by atoms with Crippen LogP contribution in [0.15, 0.2) is 24.3 Å². The lowest BCUT2D eigenvalue weighted by Crippen LogP contribution is -2.02. The van der Waals surface area contributed by atoms with Crippen molar-refractivity contribution in [2.75, 3.05) is 14.2 Å². The molecule has 8 heteroatoms. The second kappa shape index (κ2) is 15.2. The summed E-state index contributed by atoms with van der Waals surface area (Å²) in [6.45, 7) is 13.0. The number of nitrogens with one attached hydrogen (secondary N) is 2. The molecule has 0 fully saturated rings. The van der Waals surface area contributed by atoms with E-state index in [0.29, 0.717) is 12.8 Å². The first kappa shape index (κ1) is 34.9. The molecule has 0 aliphatic carbocycles. The van der Waals surface area contributed by atoms with Gasteiger partial charge in [0.1, 0.15) is 0 Å². The molecule has 8 nitrogen and oxygen atoms in total. The molecule has 0 saturated heterocycles. The first-order valence-electron chi connectivity index (χ1n) is 17.4. The Morgan fingerprint density at radius 1 is 0.583 bits per heavy atom. The van der Waals surface area contributed by atoms with Gasteiger partial charge in [-0.2, -0.15) is 0 Å². The molecule has 3 aromatic heterocycles. The number of ether oxygens (including phenoxy) is 2. The van der Waals surface area contributed by atoms with Crippen molar-refractivity contribution in [2.45, 2.75) is 106 Å². The third-order valence-electron chi connectivity index (χ3n) is 9.97. The van der Waals surface area contributed by atoms with Crippen LogP contribution in [0.1, 0.15) is 124 Å². The summed E-state index contributed by atoms with van der Waals surface area (Å²) in [4.78, 5) is 42.4. The van der Waals surface area contributed by atoms with E-state index in [1.807, 2.05) is 0 Å². The molecule has 2 aliphatic heterocycles. The number of H-pyrrole nitrogens is 2. The highest BCUT2D eigenvalue weighted by Gasteiger charge is 2.22. The summed E-state index contributed by atoms with van der Waals surface area (Å²) < 4.78 is 9.99. The highest BCUT2D eigenvalue weighted by molar-refractivity contribution is 5.95. The lowest BCUT2D eigenvalue weighted by Gasteiger charge is -2.06. The van der Waals surface area contributed by atoms with Crippen molar-refractivity contribution in [1.82, 2.24) is 19.9 Å². The molecule has 2 N–H and O–H groups in total. The first-order valence-corrected chi connectivity index (χ1v) is 17.4. The molecule has 0 spiro atoms. The van der Waals surface area contributed by atoms with Gasteiger partial charge in [0.05, 0.1) is 37.0 Å². The van der Waals surface area contributed by atoms with Gasteiger partial charge in [-0.05, 0) is 135 Å². The van der Waals surface area contributed by atoms with Crippen molar-refractivity contribution >= 4 is 56.3 Å². The fourth-order valence-corrected chi connectivity index (χ4v) is 6.86. The van der Waals surface area contributed by atoms with Gasteiger partial charge >= 0.3 is 11.9 Å². The number of esters is 2. The highest BCUT2D eigenvalue weighted by Crippen LogP contribution is 2.38. The summed E-state index contributed by atoms with van der Waals surface area (Å²) in [5, 5.41) is 0. The maximum atomic E-state index is 12.3.